The van der Waals surface area contributed by atoms with Crippen LogP contribution >= 0.6 is 0 Å². The molecule has 1 N–H and O–H groups in total. The molecule has 8 heteroatoms. The molecule has 0 bridgehead atoms. The van der Waals surface area contributed by atoms with E-state index in [2.05, 4.69) is 10.5 Å². The number of ether oxygens (including phenoxy) is 2. The van der Waals surface area contributed by atoms with E-state index in [9.17, 15) is 9.59 Å². The predicted octanol–water partition coefficient (Wildman–Crippen LogP) is 1.06. The summed E-state index contributed by atoms with van der Waals surface area (Å²) in [6.07, 6.45) is 1.44. The quantitative estimate of drug-likeness (QED) is 0.885. The maximum atomic E-state index is 13.0. The molecule has 0 spiro atoms. The van der Waals surface area contributed by atoms with Crippen molar-refractivity contribution in [2.24, 2.45) is 0 Å². The van der Waals surface area contributed by atoms with Crippen LogP contribution in [-0.2, 0) is 15.0 Å². The number of hydrogen-bond acceptors (Lipinski definition) is 6. The number of rotatable bonds is 3. The molecule has 0 atom stereocenters. The van der Waals surface area contributed by atoms with E-state index in [0.717, 1.165) is 18.4 Å². The first-order valence-corrected chi connectivity index (χ1v) is 8.59. The Morgan fingerprint density at radius 1 is 1.19 bits per heavy atom. The van der Waals surface area contributed by atoms with E-state index in [-0.39, 0.29) is 25.2 Å². The van der Waals surface area contributed by atoms with Crippen LogP contribution in [0.2, 0.25) is 0 Å². The van der Waals surface area contributed by atoms with E-state index in [1.165, 1.54) is 0 Å². The molecule has 0 radical (unpaired) electrons. The van der Waals surface area contributed by atoms with Gasteiger partial charge in [-0.1, -0.05) is 5.16 Å². The molecular formula is C18H17N3O5. The highest BCUT2D eigenvalue weighted by atomic mass is 16.7. The Hall–Kier alpha value is -3.03. The molecule has 2 fully saturated rings. The first-order valence-electron chi connectivity index (χ1n) is 8.59. The number of amides is 2. The Morgan fingerprint density at radius 3 is 2.85 bits per heavy atom. The first-order chi connectivity index (χ1) is 12.7. The minimum Gasteiger partial charge on any atom is -0.454 e. The van der Waals surface area contributed by atoms with Gasteiger partial charge in [-0.05, 0) is 31.0 Å². The summed E-state index contributed by atoms with van der Waals surface area (Å²) in [5.41, 5.74) is 0.783. The van der Waals surface area contributed by atoms with Gasteiger partial charge in [-0.3, -0.25) is 9.59 Å². The SMILES string of the molecule is O=C1CN(C(=O)C2(c3cc(-c4ccc5c(c4)OCO5)on3)CC2)CCN1. The summed E-state index contributed by atoms with van der Waals surface area (Å²) in [7, 11) is 0. The second kappa shape index (κ2) is 5.48. The minimum absolute atomic E-state index is 0.0436. The summed E-state index contributed by atoms with van der Waals surface area (Å²) in [6, 6.07) is 7.34. The number of piperazine rings is 1. The smallest absolute Gasteiger partial charge is 0.239 e. The van der Waals surface area contributed by atoms with Crippen molar-refractivity contribution in [3.8, 4) is 22.8 Å². The van der Waals surface area contributed by atoms with Crippen molar-refractivity contribution in [3.63, 3.8) is 0 Å². The van der Waals surface area contributed by atoms with Crippen molar-refractivity contribution in [2.75, 3.05) is 26.4 Å². The molecule has 1 aromatic heterocycles. The largest absolute Gasteiger partial charge is 0.454 e. The van der Waals surface area contributed by atoms with Crippen LogP contribution in [0, 0.1) is 0 Å². The zero-order valence-corrected chi connectivity index (χ0v) is 14.0. The molecule has 3 aliphatic rings. The van der Waals surface area contributed by atoms with Crippen molar-refractivity contribution < 1.29 is 23.6 Å². The molecule has 1 saturated carbocycles. The zero-order valence-electron chi connectivity index (χ0n) is 14.0. The Balaban J connectivity index is 1.41. The fourth-order valence-electron chi connectivity index (χ4n) is 3.51. The van der Waals surface area contributed by atoms with Gasteiger partial charge in [0.1, 0.15) is 0 Å². The summed E-state index contributed by atoms with van der Waals surface area (Å²) >= 11 is 0. The molecule has 26 heavy (non-hydrogen) atoms. The molecule has 1 aliphatic carbocycles. The summed E-state index contributed by atoms with van der Waals surface area (Å²) in [6.45, 7) is 1.33. The molecule has 8 nitrogen and oxygen atoms in total. The lowest BCUT2D eigenvalue weighted by Crippen LogP contribution is -2.52. The standard InChI is InChI=1S/C18H17N3O5/c22-16-9-21(6-5-19-16)17(23)18(3-4-18)15-8-13(26-20-15)11-1-2-12-14(7-11)25-10-24-12/h1-2,7-8H,3-6,9-10H2,(H,19,22). The molecule has 134 valence electrons. The van der Waals surface area contributed by atoms with Gasteiger partial charge in [0.05, 0.1) is 17.7 Å². The van der Waals surface area contributed by atoms with Crippen LogP contribution in [0.4, 0.5) is 0 Å². The third-order valence-corrected chi connectivity index (χ3v) is 5.14. The van der Waals surface area contributed by atoms with Crippen molar-refractivity contribution in [2.45, 2.75) is 18.3 Å². The van der Waals surface area contributed by atoms with Crippen LogP contribution < -0.4 is 14.8 Å². The van der Waals surface area contributed by atoms with Crippen molar-refractivity contribution >= 4 is 11.8 Å². The Bertz CT molecular complexity index is 902. The summed E-state index contributed by atoms with van der Waals surface area (Å²) in [5.74, 6) is 1.77. The van der Waals surface area contributed by atoms with Gasteiger partial charge in [-0.2, -0.15) is 0 Å². The van der Waals surface area contributed by atoms with Gasteiger partial charge in [0.25, 0.3) is 0 Å². The van der Waals surface area contributed by atoms with Gasteiger partial charge >= 0.3 is 0 Å². The maximum Gasteiger partial charge on any atom is 0.239 e. The summed E-state index contributed by atoms with van der Waals surface area (Å²) in [5, 5.41) is 6.90. The molecule has 2 aliphatic heterocycles. The van der Waals surface area contributed by atoms with Crippen LogP contribution in [0.3, 0.4) is 0 Å². The first kappa shape index (κ1) is 15.2. The normalized spacial score (nSPS) is 20.0. The molecule has 2 aromatic rings. The van der Waals surface area contributed by atoms with E-state index in [1.807, 2.05) is 24.3 Å². The number of carbonyl (C=O) groups is 2. The fourth-order valence-corrected chi connectivity index (χ4v) is 3.51. The Kier molecular flexibility index (Phi) is 3.22. The molecule has 1 aromatic carbocycles. The lowest BCUT2D eigenvalue weighted by Gasteiger charge is -2.29. The van der Waals surface area contributed by atoms with Crippen LogP contribution in [0.1, 0.15) is 18.5 Å². The third-order valence-electron chi connectivity index (χ3n) is 5.14. The highest BCUT2D eigenvalue weighted by molar-refractivity contribution is 5.94. The van der Waals surface area contributed by atoms with Crippen LogP contribution in [-0.4, -0.2) is 48.3 Å². The number of fused-ring (bicyclic) bond motifs is 1. The van der Waals surface area contributed by atoms with Gasteiger partial charge in [-0.15, -0.1) is 0 Å². The molecular weight excluding hydrogens is 338 g/mol. The predicted molar refractivity (Wildman–Crippen MR) is 88.6 cm³/mol. The number of nitrogens with zero attached hydrogens (tertiary/aromatic N) is 2. The molecule has 3 heterocycles. The third kappa shape index (κ3) is 2.33. The van der Waals surface area contributed by atoms with E-state index < -0.39 is 5.41 Å². The molecule has 5 rings (SSSR count). The van der Waals surface area contributed by atoms with Gasteiger partial charge in [0, 0.05) is 24.7 Å². The lowest BCUT2D eigenvalue weighted by atomic mass is 9.99. The van der Waals surface area contributed by atoms with Crippen LogP contribution in [0.25, 0.3) is 11.3 Å². The van der Waals surface area contributed by atoms with Gasteiger partial charge in [0.2, 0.25) is 18.6 Å². The van der Waals surface area contributed by atoms with Gasteiger partial charge in [0.15, 0.2) is 17.3 Å². The highest BCUT2D eigenvalue weighted by Gasteiger charge is 2.55. The number of benzene rings is 1. The second-order valence-electron chi connectivity index (χ2n) is 6.80. The number of hydrogen-bond donors (Lipinski definition) is 1. The minimum atomic E-state index is -0.657. The van der Waals surface area contributed by atoms with Crippen LogP contribution in [0.5, 0.6) is 11.5 Å². The van der Waals surface area contributed by atoms with E-state index in [4.69, 9.17) is 14.0 Å². The molecule has 1 saturated heterocycles. The van der Waals surface area contributed by atoms with Gasteiger partial charge < -0.3 is 24.2 Å². The Labute approximate surface area is 149 Å². The number of nitrogens with one attached hydrogen (secondary N) is 1. The van der Waals surface area contributed by atoms with Crippen LogP contribution in [0.15, 0.2) is 28.8 Å². The van der Waals surface area contributed by atoms with E-state index >= 15 is 0 Å². The summed E-state index contributed by atoms with van der Waals surface area (Å²) in [4.78, 5) is 26.1. The lowest BCUT2D eigenvalue weighted by molar-refractivity contribution is -0.140. The maximum absolute atomic E-state index is 13.0. The fraction of sp³-hybridized carbons (Fsp3) is 0.389. The number of carbonyl (C=O) groups excluding carboxylic acids is 2. The summed E-state index contributed by atoms with van der Waals surface area (Å²) < 4.78 is 16.2. The zero-order chi connectivity index (χ0) is 17.7. The van der Waals surface area contributed by atoms with E-state index in [1.54, 1.807) is 4.90 Å². The average Bonchev–Trinajstić information content (AvgIpc) is 3.09. The van der Waals surface area contributed by atoms with Crippen molar-refractivity contribution in [1.29, 1.82) is 0 Å². The van der Waals surface area contributed by atoms with Gasteiger partial charge in [-0.25, -0.2) is 0 Å². The highest BCUT2D eigenvalue weighted by Crippen LogP contribution is 2.50. The molecule has 0 unspecified atom stereocenters. The van der Waals surface area contributed by atoms with Crippen molar-refractivity contribution in [1.82, 2.24) is 15.4 Å². The molecule has 2 amide bonds. The average molecular weight is 355 g/mol. The van der Waals surface area contributed by atoms with Crippen molar-refractivity contribution in [3.05, 3.63) is 30.0 Å². The number of aromatic nitrogens is 1. The second-order valence-corrected chi connectivity index (χ2v) is 6.80. The topological polar surface area (TPSA) is 93.9 Å². The Morgan fingerprint density at radius 2 is 2.04 bits per heavy atom. The monoisotopic (exact) mass is 355 g/mol. The van der Waals surface area contributed by atoms with E-state index in [0.29, 0.717) is 36.0 Å².